The fourth-order valence-corrected chi connectivity index (χ4v) is 4.48. The van der Waals surface area contributed by atoms with Gasteiger partial charge in [0, 0.05) is 30.4 Å². The first-order valence-corrected chi connectivity index (χ1v) is 12.3. The maximum Gasteiger partial charge on any atom is 0.420 e. The molecule has 0 bridgehead atoms. The van der Waals surface area contributed by atoms with E-state index in [9.17, 15) is 26.4 Å². The zero-order valence-electron chi connectivity index (χ0n) is 19.0. The second-order valence-electron chi connectivity index (χ2n) is 7.85. The van der Waals surface area contributed by atoms with Crippen LogP contribution in [0.1, 0.15) is 43.0 Å². The molecule has 1 N–H and O–H groups in total. The lowest BCUT2D eigenvalue weighted by Gasteiger charge is -2.11. The maximum atomic E-state index is 13.0. The van der Waals surface area contributed by atoms with E-state index in [4.69, 9.17) is 4.74 Å². The number of fused-ring (bicyclic) bond motifs is 1. The van der Waals surface area contributed by atoms with Crippen molar-refractivity contribution in [3.8, 4) is 5.82 Å². The number of unbranched alkanes of at least 4 members (excludes halogenated alkanes) is 2. The molecule has 0 saturated carbocycles. The van der Waals surface area contributed by atoms with Gasteiger partial charge in [-0.2, -0.15) is 18.3 Å². The Hall–Kier alpha value is -3.09. The largest absolute Gasteiger partial charge is 0.449 e. The lowest BCUT2D eigenvalue weighted by atomic mass is 10.2. The SMILES string of the molecule is CCCCCOC(=O)NS(=O)(=O)CCc1c(C)nn(C)c1-n1ccc2cc(C(F)(F)F)cnc21. The van der Waals surface area contributed by atoms with Gasteiger partial charge in [0.05, 0.1) is 23.6 Å². The van der Waals surface area contributed by atoms with Crippen LogP contribution in [0.4, 0.5) is 18.0 Å². The Morgan fingerprint density at radius 3 is 2.68 bits per heavy atom. The Morgan fingerprint density at radius 1 is 1.26 bits per heavy atom. The monoisotopic (exact) mass is 501 g/mol. The molecule has 0 atom stereocenters. The third-order valence-corrected chi connectivity index (χ3v) is 6.46. The lowest BCUT2D eigenvalue weighted by molar-refractivity contribution is -0.137. The summed E-state index contributed by atoms with van der Waals surface area (Å²) in [6.45, 7) is 3.82. The van der Waals surface area contributed by atoms with E-state index in [0.717, 1.165) is 25.1 Å². The van der Waals surface area contributed by atoms with Crippen LogP contribution in [0, 0.1) is 6.92 Å². The molecule has 3 aromatic heterocycles. The summed E-state index contributed by atoms with van der Waals surface area (Å²) in [4.78, 5) is 15.8. The van der Waals surface area contributed by atoms with Gasteiger partial charge >= 0.3 is 12.3 Å². The number of aromatic nitrogens is 4. The van der Waals surface area contributed by atoms with Crippen LogP contribution in [0.2, 0.25) is 0 Å². The highest BCUT2D eigenvalue weighted by Crippen LogP contribution is 2.32. The van der Waals surface area contributed by atoms with Gasteiger partial charge in [-0.15, -0.1) is 0 Å². The molecule has 0 aliphatic heterocycles. The molecule has 13 heteroatoms. The highest BCUT2D eigenvalue weighted by atomic mass is 32.2. The summed E-state index contributed by atoms with van der Waals surface area (Å²) in [5.74, 6) is 0.0543. The minimum atomic E-state index is -4.52. The third kappa shape index (κ3) is 5.88. The van der Waals surface area contributed by atoms with E-state index in [0.29, 0.717) is 23.5 Å². The molecule has 186 valence electrons. The van der Waals surface area contributed by atoms with Gasteiger partial charge in [-0.1, -0.05) is 19.8 Å². The van der Waals surface area contributed by atoms with E-state index in [1.165, 1.54) is 10.7 Å². The number of ether oxygens (including phenoxy) is 1. The minimum Gasteiger partial charge on any atom is -0.449 e. The van der Waals surface area contributed by atoms with E-state index >= 15 is 0 Å². The standard InChI is InChI=1S/C21H26F3N5O4S/c1-4-5-6-10-33-20(30)27-34(31,32)11-8-17-14(2)26-28(3)19(17)29-9-7-15-12-16(21(22,23)24)13-25-18(15)29/h7,9,12-13H,4-6,8,10-11H2,1-3H3,(H,27,30). The van der Waals surface area contributed by atoms with E-state index in [1.54, 1.807) is 24.7 Å². The summed E-state index contributed by atoms with van der Waals surface area (Å²) in [5.41, 5.74) is 0.513. The zero-order valence-corrected chi connectivity index (χ0v) is 19.8. The zero-order chi connectivity index (χ0) is 25.1. The number of alkyl halides is 3. The summed E-state index contributed by atoms with van der Waals surface area (Å²) in [7, 11) is -2.35. The lowest BCUT2D eigenvalue weighted by Crippen LogP contribution is -2.34. The molecule has 0 radical (unpaired) electrons. The van der Waals surface area contributed by atoms with E-state index < -0.39 is 33.6 Å². The van der Waals surface area contributed by atoms with Gasteiger partial charge in [-0.05, 0) is 31.9 Å². The maximum absolute atomic E-state index is 13.0. The van der Waals surface area contributed by atoms with Crippen molar-refractivity contribution in [1.82, 2.24) is 24.1 Å². The van der Waals surface area contributed by atoms with Crippen molar-refractivity contribution >= 4 is 27.1 Å². The Bertz CT molecular complexity index is 1280. The van der Waals surface area contributed by atoms with Crippen molar-refractivity contribution in [2.75, 3.05) is 12.4 Å². The molecule has 0 unspecified atom stereocenters. The normalized spacial score (nSPS) is 12.3. The van der Waals surface area contributed by atoms with Crippen LogP contribution >= 0.6 is 0 Å². The van der Waals surface area contributed by atoms with Gasteiger partial charge in [0.1, 0.15) is 11.5 Å². The summed E-state index contributed by atoms with van der Waals surface area (Å²) in [6, 6.07) is 2.50. The molecule has 3 heterocycles. The number of halogens is 3. The number of carbonyl (C=O) groups excluding carboxylic acids is 1. The van der Waals surface area contributed by atoms with Gasteiger partial charge in [-0.25, -0.2) is 22.9 Å². The van der Waals surface area contributed by atoms with Crippen LogP contribution in [0.3, 0.4) is 0 Å². The van der Waals surface area contributed by atoms with Crippen molar-refractivity contribution < 1.29 is 31.1 Å². The first-order chi connectivity index (χ1) is 15.9. The fraction of sp³-hybridized carbons (Fsp3) is 0.476. The Kier molecular flexibility index (Phi) is 7.54. The molecule has 0 saturated heterocycles. The van der Waals surface area contributed by atoms with Crippen molar-refractivity contribution in [2.45, 2.75) is 45.7 Å². The molecule has 0 spiro atoms. The number of nitrogens with zero attached hydrogens (tertiary/aromatic N) is 4. The molecule has 9 nitrogen and oxygen atoms in total. The molecule has 0 aliphatic rings. The van der Waals surface area contributed by atoms with Gasteiger partial charge in [0.2, 0.25) is 10.0 Å². The van der Waals surface area contributed by atoms with Crippen molar-refractivity contribution in [1.29, 1.82) is 0 Å². The predicted molar refractivity (Wildman–Crippen MR) is 119 cm³/mol. The Balaban J connectivity index is 1.80. The van der Waals surface area contributed by atoms with Crippen LogP contribution in [0.5, 0.6) is 0 Å². The van der Waals surface area contributed by atoms with E-state index in [1.807, 2.05) is 11.6 Å². The quantitative estimate of drug-likeness (QED) is 0.446. The van der Waals surface area contributed by atoms with E-state index in [-0.39, 0.29) is 24.1 Å². The number of amides is 1. The summed E-state index contributed by atoms with van der Waals surface area (Å²) >= 11 is 0. The number of nitrogens with one attached hydrogen (secondary N) is 1. The molecular formula is C21H26F3N5O4S. The van der Waals surface area contributed by atoms with Crippen LogP contribution in [-0.2, 0) is 34.4 Å². The summed E-state index contributed by atoms with van der Waals surface area (Å²) in [6.07, 6.45) is -0.786. The van der Waals surface area contributed by atoms with Gasteiger partial charge in [0.15, 0.2) is 0 Å². The first-order valence-electron chi connectivity index (χ1n) is 10.7. The Morgan fingerprint density at radius 2 is 2.00 bits per heavy atom. The average Bonchev–Trinajstić information content (AvgIpc) is 3.27. The highest BCUT2D eigenvalue weighted by Gasteiger charge is 2.31. The number of rotatable bonds is 9. The molecule has 0 aliphatic carbocycles. The molecular weight excluding hydrogens is 475 g/mol. The highest BCUT2D eigenvalue weighted by molar-refractivity contribution is 7.90. The second-order valence-corrected chi connectivity index (χ2v) is 9.69. The second kappa shape index (κ2) is 10.0. The predicted octanol–water partition coefficient (Wildman–Crippen LogP) is 3.87. The smallest absolute Gasteiger partial charge is 0.420 e. The fourth-order valence-electron chi connectivity index (χ4n) is 3.59. The van der Waals surface area contributed by atoms with Gasteiger partial charge in [-0.3, -0.25) is 9.25 Å². The molecule has 0 fully saturated rings. The molecule has 3 rings (SSSR count). The topological polar surface area (TPSA) is 108 Å². The van der Waals surface area contributed by atoms with E-state index in [2.05, 4.69) is 10.1 Å². The number of hydrogen-bond acceptors (Lipinski definition) is 6. The first kappa shape index (κ1) is 25.5. The van der Waals surface area contributed by atoms with Crippen LogP contribution in [0.15, 0.2) is 24.5 Å². The minimum absolute atomic E-state index is 0.00770. The average molecular weight is 502 g/mol. The van der Waals surface area contributed by atoms with Crippen molar-refractivity contribution in [2.24, 2.45) is 7.05 Å². The number of aryl methyl sites for hydroxylation is 2. The Labute approximate surface area is 195 Å². The molecule has 1 amide bonds. The van der Waals surface area contributed by atoms with Crippen LogP contribution in [-0.4, -0.2) is 46.2 Å². The van der Waals surface area contributed by atoms with Crippen LogP contribution in [0.25, 0.3) is 16.9 Å². The number of sulfonamides is 1. The number of hydrogen-bond donors (Lipinski definition) is 1. The molecule has 3 aromatic rings. The van der Waals surface area contributed by atoms with Crippen LogP contribution < -0.4 is 4.72 Å². The number of pyridine rings is 1. The summed E-state index contributed by atoms with van der Waals surface area (Å²) in [5, 5.41) is 4.61. The summed E-state index contributed by atoms with van der Waals surface area (Å²) < 4.78 is 73.7. The van der Waals surface area contributed by atoms with Crippen molar-refractivity contribution in [3.05, 3.63) is 41.3 Å². The van der Waals surface area contributed by atoms with Crippen molar-refractivity contribution in [3.63, 3.8) is 0 Å². The number of carbonyl (C=O) groups is 1. The molecule has 0 aromatic carbocycles. The molecule has 34 heavy (non-hydrogen) atoms. The van der Waals surface area contributed by atoms with Gasteiger partial charge in [0.25, 0.3) is 0 Å². The third-order valence-electron chi connectivity index (χ3n) is 5.24. The van der Waals surface area contributed by atoms with Gasteiger partial charge < -0.3 is 4.74 Å².